The molecule has 8 heteroatoms. The lowest BCUT2D eigenvalue weighted by Gasteiger charge is -2.24. The highest BCUT2D eigenvalue weighted by Gasteiger charge is 2.47. The lowest BCUT2D eigenvalue weighted by molar-refractivity contribution is -0.132. The van der Waals surface area contributed by atoms with Gasteiger partial charge in [-0.2, -0.15) is 5.26 Å². The number of hydrogen-bond acceptors (Lipinski definition) is 6. The number of aliphatic hydroxyl groups excluding tert-OH is 1. The number of pyridine rings is 1. The Kier molecular flexibility index (Phi) is 6.11. The topological polar surface area (TPSA) is 104 Å². The molecule has 1 fully saturated rings. The van der Waals surface area contributed by atoms with E-state index in [0.29, 0.717) is 29.3 Å². The molecule has 4 rings (SSSR count). The molecular formula is C25H18ClN3O4. The average molecular weight is 460 g/mol. The third kappa shape index (κ3) is 4.04. The van der Waals surface area contributed by atoms with Gasteiger partial charge in [-0.3, -0.25) is 19.5 Å². The summed E-state index contributed by atoms with van der Waals surface area (Å²) < 4.78 is 5.49. The molecule has 7 nitrogen and oxygen atoms in total. The summed E-state index contributed by atoms with van der Waals surface area (Å²) in [5.74, 6) is -1.66. The van der Waals surface area contributed by atoms with E-state index in [1.165, 1.54) is 17.2 Å². The zero-order valence-electron chi connectivity index (χ0n) is 17.5. The maximum atomic E-state index is 13.2. The van der Waals surface area contributed by atoms with Crippen molar-refractivity contribution in [3.8, 4) is 11.8 Å². The molecule has 1 saturated heterocycles. The Morgan fingerprint density at radius 1 is 1.18 bits per heavy atom. The van der Waals surface area contributed by atoms with Crippen molar-refractivity contribution in [3.05, 3.63) is 94.3 Å². The normalized spacial score (nSPS) is 17.1. The number of rotatable bonds is 5. The highest BCUT2D eigenvalue weighted by Crippen LogP contribution is 2.42. The van der Waals surface area contributed by atoms with Gasteiger partial charge in [0.25, 0.3) is 11.7 Å². The average Bonchev–Trinajstić information content (AvgIpc) is 3.11. The molecule has 164 valence electrons. The number of Topliss-reactive ketones (excluding diaryl/α,β-unsaturated/α-hetero) is 1. The van der Waals surface area contributed by atoms with Crippen molar-refractivity contribution >= 4 is 34.7 Å². The molecule has 0 radical (unpaired) electrons. The number of hydrogen-bond donors (Lipinski definition) is 1. The first-order valence-electron chi connectivity index (χ1n) is 10.1. The number of carbonyl (C=O) groups is 2. The van der Waals surface area contributed by atoms with Crippen molar-refractivity contribution < 1.29 is 19.4 Å². The summed E-state index contributed by atoms with van der Waals surface area (Å²) in [6.07, 6.45) is 1.54. The lowest BCUT2D eigenvalue weighted by Crippen LogP contribution is -2.29. The van der Waals surface area contributed by atoms with Crippen LogP contribution in [0.15, 0.2) is 72.4 Å². The van der Waals surface area contributed by atoms with Crippen LogP contribution in [0.1, 0.15) is 29.8 Å². The molecule has 1 amide bonds. The van der Waals surface area contributed by atoms with E-state index in [4.69, 9.17) is 21.6 Å². The summed E-state index contributed by atoms with van der Waals surface area (Å²) in [5, 5.41) is 20.5. The molecule has 1 N–H and O–H groups in total. The van der Waals surface area contributed by atoms with Gasteiger partial charge in [-0.25, -0.2) is 0 Å². The zero-order chi connectivity index (χ0) is 23.5. The van der Waals surface area contributed by atoms with E-state index in [9.17, 15) is 14.7 Å². The first-order chi connectivity index (χ1) is 16.0. The molecule has 1 aliphatic heterocycles. The SMILES string of the molecule is CCOc1ccc(Cl)c(/C(O)=C2\C(=O)C(=O)N(c3ccc(C#N)cc3)C2c2ccccn2)c1. The number of anilines is 1. The smallest absolute Gasteiger partial charge is 0.300 e. The van der Waals surface area contributed by atoms with Crippen molar-refractivity contribution in [1.82, 2.24) is 4.98 Å². The van der Waals surface area contributed by atoms with Crippen LogP contribution < -0.4 is 9.64 Å². The third-order valence-electron chi connectivity index (χ3n) is 5.19. The van der Waals surface area contributed by atoms with Crippen LogP contribution in [0.25, 0.3) is 5.76 Å². The van der Waals surface area contributed by atoms with Crippen LogP contribution >= 0.6 is 11.6 Å². The Morgan fingerprint density at radius 3 is 2.58 bits per heavy atom. The highest BCUT2D eigenvalue weighted by molar-refractivity contribution is 6.52. The van der Waals surface area contributed by atoms with Gasteiger partial charge in [-0.1, -0.05) is 17.7 Å². The minimum absolute atomic E-state index is 0.140. The lowest BCUT2D eigenvalue weighted by atomic mass is 9.98. The fourth-order valence-electron chi connectivity index (χ4n) is 3.70. The van der Waals surface area contributed by atoms with Crippen molar-refractivity contribution in [2.75, 3.05) is 11.5 Å². The molecule has 0 saturated carbocycles. The maximum Gasteiger partial charge on any atom is 0.300 e. The van der Waals surface area contributed by atoms with E-state index < -0.39 is 23.5 Å². The number of nitriles is 1. The van der Waals surface area contributed by atoms with Gasteiger partial charge < -0.3 is 9.84 Å². The first-order valence-corrected chi connectivity index (χ1v) is 10.5. The summed E-state index contributed by atoms with van der Waals surface area (Å²) in [5.41, 5.74) is 1.21. The van der Waals surface area contributed by atoms with Gasteiger partial charge in [0.2, 0.25) is 0 Å². The van der Waals surface area contributed by atoms with Crippen LogP contribution in [0.3, 0.4) is 0 Å². The summed E-state index contributed by atoms with van der Waals surface area (Å²) in [7, 11) is 0. The molecule has 0 bridgehead atoms. The van der Waals surface area contributed by atoms with Gasteiger partial charge >= 0.3 is 0 Å². The molecule has 0 aliphatic carbocycles. The van der Waals surface area contributed by atoms with Crippen LogP contribution in [0, 0.1) is 11.3 Å². The van der Waals surface area contributed by atoms with Gasteiger partial charge in [-0.05, 0) is 61.5 Å². The van der Waals surface area contributed by atoms with Crippen LogP contribution in [0.5, 0.6) is 5.75 Å². The maximum absolute atomic E-state index is 13.2. The van der Waals surface area contributed by atoms with Gasteiger partial charge in [0, 0.05) is 17.4 Å². The van der Waals surface area contributed by atoms with Crippen LogP contribution in [0.2, 0.25) is 5.02 Å². The predicted octanol–water partition coefficient (Wildman–Crippen LogP) is 4.63. The second kappa shape index (κ2) is 9.15. The van der Waals surface area contributed by atoms with Crippen molar-refractivity contribution in [3.63, 3.8) is 0 Å². The number of nitrogens with zero attached hydrogens (tertiary/aromatic N) is 3. The number of aromatic nitrogens is 1. The molecule has 3 aromatic rings. The molecular weight excluding hydrogens is 442 g/mol. The fraction of sp³-hybridized carbons (Fsp3) is 0.120. The summed E-state index contributed by atoms with van der Waals surface area (Å²) in [4.78, 5) is 31.9. The monoisotopic (exact) mass is 459 g/mol. The second-order valence-corrected chi connectivity index (χ2v) is 7.56. The van der Waals surface area contributed by atoms with E-state index in [1.54, 1.807) is 54.6 Å². The number of carbonyl (C=O) groups excluding carboxylic acids is 2. The van der Waals surface area contributed by atoms with E-state index in [2.05, 4.69) is 4.98 Å². The first kappa shape index (κ1) is 22.1. The van der Waals surface area contributed by atoms with Crippen LogP contribution in [0.4, 0.5) is 5.69 Å². The molecule has 1 atom stereocenters. The Labute approximate surface area is 195 Å². The number of ether oxygens (including phenoxy) is 1. The molecule has 0 spiro atoms. The van der Waals surface area contributed by atoms with Crippen molar-refractivity contribution in [1.29, 1.82) is 5.26 Å². The minimum atomic E-state index is -0.994. The Balaban J connectivity index is 1.93. The Bertz CT molecular complexity index is 1300. The number of aliphatic hydroxyl groups is 1. The van der Waals surface area contributed by atoms with Gasteiger partial charge in [0.15, 0.2) is 0 Å². The quantitative estimate of drug-likeness (QED) is 0.339. The summed E-state index contributed by atoms with van der Waals surface area (Å²) in [6.45, 7) is 2.22. The van der Waals surface area contributed by atoms with Crippen LogP contribution in [-0.2, 0) is 9.59 Å². The van der Waals surface area contributed by atoms with Gasteiger partial charge in [0.05, 0.1) is 34.5 Å². The Morgan fingerprint density at radius 2 is 1.94 bits per heavy atom. The van der Waals surface area contributed by atoms with Crippen molar-refractivity contribution in [2.24, 2.45) is 0 Å². The molecule has 1 aromatic heterocycles. The van der Waals surface area contributed by atoms with E-state index in [-0.39, 0.29) is 16.2 Å². The van der Waals surface area contributed by atoms with E-state index in [1.807, 2.05) is 13.0 Å². The summed E-state index contributed by atoms with van der Waals surface area (Å²) >= 11 is 6.33. The van der Waals surface area contributed by atoms with Gasteiger partial charge in [0.1, 0.15) is 17.6 Å². The Hall–Kier alpha value is -4.15. The van der Waals surface area contributed by atoms with E-state index >= 15 is 0 Å². The molecule has 2 heterocycles. The molecule has 2 aromatic carbocycles. The van der Waals surface area contributed by atoms with Crippen LogP contribution in [-0.4, -0.2) is 28.4 Å². The van der Waals surface area contributed by atoms with E-state index in [0.717, 1.165) is 0 Å². The van der Waals surface area contributed by atoms with Crippen molar-refractivity contribution in [2.45, 2.75) is 13.0 Å². The number of amides is 1. The number of halogens is 1. The molecule has 1 unspecified atom stereocenters. The largest absolute Gasteiger partial charge is 0.507 e. The predicted molar refractivity (Wildman–Crippen MR) is 123 cm³/mol. The van der Waals surface area contributed by atoms with Gasteiger partial charge in [-0.15, -0.1) is 0 Å². The molecule has 1 aliphatic rings. The number of ketones is 1. The zero-order valence-corrected chi connectivity index (χ0v) is 18.3. The highest BCUT2D eigenvalue weighted by atomic mass is 35.5. The second-order valence-electron chi connectivity index (χ2n) is 7.16. The summed E-state index contributed by atoms with van der Waals surface area (Å²) in [6, 6.07) is 17.1. The third-order valence-corrected chi connectivity index (χ3v) is 5.52. The minimum Gasteiger partial charge on any atom is -0.507 e. The number of benzene rings is 2. The molecule has 33 heavy (non-hydrogen) atoms. The fourth-order valence-corrected chi connectivity index (χ4v) is 3.91. The standard InChI is InChI=1S/C25H18ClN3O4/c1-2-33-17-10-11-19(26)18(13-17)23(30)21-22(20-5-3-4-12-28-20)29(25(32)24(21)31)16-8-6-15(14-27)7-9-16/h3-13,22,30H,2H2,1H3/b23-21+.